The van der Waals surface area contributed by atoms with Gasteiger partial charge in [-0.15, -0.1) is 11.3 Å². The molecule has 4 aromatic heterocycles. The zero-order valence-electron chi connectivity index (χ0n) is 22.4. The van der Waals surface area contributed by atoms with Gasteiger partial charge in [-0.1, -0.05) is 0 Å². The number of thiophene rings is 1. The summed E-state index contributed by atoms with van der Waals surface area (Å²) in [5.41, 5.74) is 11.4. The Morgan fingerprint density at radius 2 is 1.67 bits per heavy atom. The van der Waals surface area contributed by atoms with E-state index in [1.54, 1.807) is 0 Å². The minimum absolute atomic E-state index is 0.0407. The van der Waals surface area contributed by atoms with Gasteiger partial charge in [0.05, 0.1) is 35.3 Å². The van der Waals surface area contributed by atoms with Gasteiger partial charge >= 0.3 is 15.6 Å². The molecule has 4 aromatic rings. The maximum absolute atomic E-state index is 13.2. The fraction of sp³-hybridized carbons (Fsp3) is 0.476. The van der Waals surface area contributed by atoms with Crippen molar-refractivity contribution >= 4 is 60.8 Å². The largest absolute Gasteiger partial charge is 0.472 e. The molecule has 24 heteroatoms. The molecule has 21 nitrogen and oxygen atoms in total. The Labute approximate surface area is 253 Å². The second-order valence-electron chi connectivity index (χ2n) is 10.2. The van der Waals surface area contributed by atoms with Crippen molar-refractivity contribution in [3.63, 3.8) is 0 Å². The van der Waals surface area contributed by atoms with Crippen molar-refractivity contribution in [1.29, 1.82) is 0 Å². The fourth-order valence-corrected chi connectivity index (χ4v) is 8.31. The molecule has 0 spiro atoms. The number of nitrogens with zero attached hydrogens (tertiary/aromatic N) is 5. The van der Waals surface area contributed by atoms with Crippen LogP contribution in [0.3, 0.4) is 0 Å². The Morgan fingerprint density at radius 1 is 0.956 bits per heavy atom. The van der Waals surface area contributed by atoms with Crippen molar-refractivity contribution in [2.45, 2.75) is 49.0 Å². The standard InChI is InChI=1S/C21H24N8O13P2S/c22-17-10-18(25-4-24-17)29(5-26-10)20-12(31)13-8(40-20)2-38-44(35,36)42-14-11(30)7(1-37-43(33,34)41-13)39-15(14)16-9-6(3-45-16)19(32)28-21(23)27-9/h3-5,7-8,11-15,20,30-31H,1-2H2,(H,33,34)(H,35,36)(H2,22,24,25)(H3,23,27,28,32)/t7-,8-,11-,12-,13-,14-,15-,20-/m1/s1. The van der Waals surface area contributed by atoms with Crippen LogP contribution in [0.5, 0.6) is 0 Å². The van der Waals surface area contributed by atoms with Gasteiger partial charge in [0, 0.05) is 5.38 Å². The highest BCUT2D eigenvalue weighted by atomic mass is 32.1. The van der Waals surface area contributed by atoms with Crippen molar-refractivity contribution in [2.24, 2.45) is 0 Å². The number of fused-ring (bicyclic) bond motifs is 5. The molecule has 10 atom stereocenters. The maximum Gasteiger partial charge on any atom is 0.472 e. The smallest absolute Gasteiger partial charge is 0.387 e. The lowest BCUT2D eigenvalue weighted by molar-refractivity contribution is -0.0566. The SMILES string of the molecule is Nc1nc2c([C@@H]3O[C@@H]4COP(=O)(O)O[C@H]5[C@@H](O)[C@H](n6cnc7c(N)ncnc76)O[C@@H]5COP(=O)(O)O[C@@H]3[C@@H]4O)scc2c(=O)[nH]1. The van der Waals surface area contributed by atoms with Crippen LogP contribution in [0.2, 0.25) is 0 Å². The molecule has 0 aromatic carbocycles. The van der Waals surface area contributed by atoms with Gasteiger partial charge in [0.1, 0.15) is 54.6 Å². The van der Waals surface area contributed by atoms with E-state index in [0.29, 0.717) is 0 Å². The molecule has 2 unspecified atom stereocenters. The summed E-state index contributed by atoms with van der Waals surface area (Å²) in [4.78, 5) is 52.4. The fourth-order valence-electron chi connectivity index (χ4n) is 5.35. The number of phosphoric ester groups is 2. The molecular weight excluding hydrogens is 666 g/mol. The number of aromatic nitrogens is 6. The van der Waals surface area contributed by atoms with E-state index in [0.717, 1.165) is 17.7 Å². The summed E-state index contributed by atoms with van der Waals surface area (Å²) in [5.74, 6) is -0.176. The van der Waals surface area contributed by atoms with Gasteiger partial charge in [-0.05, 0) is 0 Å². The quantitative estimate of drug-likeness (QED) is 0.125. The molecule has 0 amide bonds. The number of nitrogen functional groups attached to an aromatic ring is 2. The molecule has 3 aliphatic heterocycles. The Hall–Kier alpha value is -2.95. The third-order valence-electron chi connectivity index (χ3n) is 7.39. The summed E-state index contributed by atoms with van der Waals surface area (Å²) in [6.07, 6.45) is -9.87. The first-order chi connectivity index (χ1) is 21.3. The number of phosphoric acid groups is 2. The first kappa shape index (κ1) is 30.7. The van der Waals surface area contributed by atoms with Gasteiger partial charge in [-0.3, -0.25) is 32.4 Å². The predicted molar refractivity (Wildman–Crippen MR) is 149 cm³/mol. The molecule has 3 fully saturated rings. The average molecular weight is 690 g/mol. The van der Waals surface area contributed by atoms with Crippen LogP contribution in [0.1, 0.15) is 17.2 Å². The van der Waals surface area contributed by atoms with Crippen LogP contribution < -0.4 is 17.0 Å². The van der Waals surface area contributed by atoms with Gasteiger partial charge in [-0.25, -0.2) is 29.1 Å². The monoisotopic (exact) mass is 690 g/mol. The highest BCUT2D eigenvalue weighted by molar-refractivity contribution is 7.47. The van der Waals surface area contributed by atoms with Crippen LogP contribution in [0.25, 0.3) is 22.1 Å². The summed E-state index contributed by atoms with van der Waals surface area (Å²) < 4.78 is 60.2. The van der Waals surface area contributed by atoms with Crippen LogP contribution in [0, 0.1) is 0 Å². The maximum atomic E-state index is 13.2. The van der Waals surface area contributed by atoms with Crippen LogP contribution in [-0.4, -0.2) is 99.3 Å². The summed E-state index contributed by atoms with van der Waals surface area (Å²) >= 11 is 0.975. The molecule has 3 aliphatic rings. The van der Waals surface area contributed by atoms with E-state index in [2.05, 4.69) is 24.9 Å². The zero-order chi connectivity index (χ0) is 31.8. The van der Waals surface area contributed by atoms with Gasteiger partial charge in [0.2, 0.25) is 5.95 Å². The number of aliphatic hydroxyl groups is 2. The normalized spacial score (nSPS) is 37.7. The summed E-state index contributed by atoms with van der Waals surface area (Å²) in [6, 6.07) is 0. The molecule has 242 valence electrons. The third kappa shape index (κ3) is 5.46. The third-order valence-corrected chi connectivity index (χ3v) is 10.4. The number of ether oxygens (including phenoxy) is 2. The second-order valence-corrected chi connectivity index (χ2v) is 13.9. The Bertz CT molecular complexity index is 1940. The number of nitrogens with two attached hydrogens (primary N) is 2. The average Bonchev–Trinajstić information content (AvgIpc) is 3.72. The summed E-state index contributed by atoms with van der Waals surface area (Å²) in [7, 11) is -10.1. The van der Waals surface area contributed by atoms with Crippen LogP contribution >= 0.6 is 27.0 Å². The van der Waals surface area contributed by atoms with E-state index >= 15 is 0 Å². The predicted octanol–water partition coefficient (Wildman–Crippen LogP) is -0.934. The Morgan fingerprint density at radius 3 is 2.42 bits per heavy atom. The number of hydrogen-bond donors (Lipinski definition) is 7. The van der Waals surface area contributed by atoms with Crippen molar-refractivity contribution in [2.75, 3.05) is 24.7 Å². The first-order valence-electron chi connectivity index (χ1n) is 13.0. The molecule has 9 N–H and O–H groups in total. The molecule has 3 saturated heterocycles. The van der Waals surface area contributed by atoms with Gasteiger partial charge < -0.3 is 40.9 Å². The molecule has 0 aliphatic carbocycles. The van der Waals surface area contributed by atoms with Gasteiger partial charge in [-0.2, -0.15) is 0 Å². The minimum Gasteiger partial charge on any atom is -0.387 e. The second kappa shape index (κ2) is 11.1. The van der Waals surface area contributed by atoms with Crippen molar-refractivity contribution in [3.8, 4) is 0 Å². The van der Waals surface area contributed by atoms with Crippen molar-refractivity contribution in [3.05, 3.63) is 33.3 Å². The number of rotatable bonds is 2. The Balaban J connectivity index is 1.21. The lowest BCUT2D eigenvalue weighted by atomic mass is 10.1. The number of H-pyrrole nitrogens is 1. The number of nitrogens with one attached hydrogen (secondary N) is 1. The van der Waals surface area contributed by atoms with E-state index < -0.39 is 83.4 Å². The van der Waals surface area contributed by atoms with Crippen LogP contribution in [0.4, 0.5) is 11.8 Å². The molecule has 0 radical (unpaired) electrons. The molecule has 7 heterocycles. The van der Waals surface area contributed by atoms with E-state index in [9.17, 15) is 33.9 Å². The molecular formula is C21H24N8O13P2S. The lowest BCUT2D eigenvalue weighted by Crippen LogP contribution is -2.36. The molecule has 45 heavy (non-hydrogen) atoms. The van der Waals surface area contributed by atoms with Crippen molar-refractivity contribution < 1.29 is 56.7 Å². The van der Waals surface area contributed by atoms with E-state index in [1.165, 1.54) is 16.3 Å². The Kier molecular flexibility index (Phi) is 7.56. The highest BCUT2D eigenvalue weighted by Gasteiger charge is 2.54. The first-order valence-corrected chi connectivity index (χ1v) is 16.9. The minimum atomic E-state index is -5.08. The topological polar surface area (TPSA) is 312 Å². The number of hydrogen-bond acceptors (Lipinski definition) is 18. The van der Waals surface area contributed by atoms with E-state index in [-0.39, 0.29) is 38.7 Å². The lowest BCUT2D eigenvalue weighted by Gasteiger charge is -2.25. The highest BCUT2D eigenvalue weighted by Crippen LogP contribution is 2.54. The van der Waals surface area contributed by atoms with Crippen molar-refractivity contribution in [1.82, 2.24) is 29.5 Å². The molecule has 7 rings (SSSR count). The zero-order valence-corrected chi connectivity index (χ0v) is 25.0. The van der Waals surface area contributed by atoms with Gasteiger partial charge in [0.15, 0.2) is 17.7 Å². The number of anilines is 2. The van der Waals surface area contributed by atoms with Crippen LogP contribution in [-0.2, 0) is 36.7 Å². The molecule has 0 saturated carbocycles. The summed E-state index contributed by atoms with van der Waals surface area (Å²) in [6.45, 7) is -1.59. The number of aromatic amines is 1. The molecule has 2 bridgehead atoms. The summed E-state index contributed by atoms with van der Waals surface area (Å²) in [5, 5.41) is 23.7. The number of imidazole rings is 1. The van der Waals surface area contributed by atoms with E-state index in [4.69, 9.17) is 39.0 Å². The van der Waals surface area contributed by atoms with E-state index in [1.807, 2.05) is 0 Å². The van der Waals surface area contributed by atoms with Gasteiger partial charge in [0.25, 0.3) is 5.56 Å². The van der Waals surface area contributed by atoms with Crippen LogP contribution in [0.15, 0.2) is 22.8 Å². The number of aliphatic hydroxyl groups excluding tert-OH is 2.